The minimum Gasteiger partial charge on any atom is -0.396 e. The molecule has 0 spiro atoms. The molecule has 1 aromatic rings. The molecule has 15 heavy (non-hydrogen) atoms. The Morgan fingerprint density at radius 2 is 1.93 bits per heavy atom. The summed E-state index contributed by atoms with van der Waals surface area (Å²) in [5, 5.41) is 9.25. The van der Waals surface area contributed by atoms with Crippen molar-refractivity contribution in [2.24, 2.45) is 0 Å². The maximum Gasteiger partial charge on any atom is 0.153 e. The number of halogens is 2. The second kappa shape index (κ2) is 5.75. The van der Waals surface area contributed by atoms with E-state index in [9.17, 15) is 4.79 Å². The fourth-order valence-electron chi connectivity index (χ4n) is 1.20. The lowest BCUT2D eigenvalue weighted by Crippen LogP contribution is -1.96. The van der Waals surface area contributed by atoms with Crippen LogP contribution in [0.25, 0.3) is 0 Å². The van der Waals surface area contributed by atoms with Crippen LogP contribution in [0.2, 0.25) is 10.0 Å². The third-order valence-electron chi connectivity index (χ3n) is 2.01. The van der Waals surface area contributed by atoms with E-state index in [1.54, 1.807) is 12.1 Å². The van der Waals surface area contributed by atoms with E-state index in [2.05, 4.69) is 12.6 Å². The van der Waals surface area contributed by atoms with Gasteiger partial charge in [-0.25, -0.2) is 0 Å². The number of aliphatic hydroxyl groups excluding tert-OH is 1. The van der Waals surface area contributed by atoms with Gasteiger partial charge in [-0.2, -0.15) is 12.6 Å². The van der Waals surface area contributed by atoms with E-state index in [1.165, 1.54) is 0 Å². The molecule has 0 fully saturated rings. The molecule has 0 aliphatic carbocycles. The number of carbonyl (C=O) groups excluding carboxylic acids is 1. The highest BCUT2D eigenvalue weighted by Crippen LogP contribution is 2.31. The zero-order valence-corrected chi connectivity index (χ0v) is 10.2. The number of thiol groups is 1. The summed E-state index contributed by atoms with van der Waals surface area (Å²) in [7, 11) is 0. The van der Waals surface area contributed by atoms with Crippen LogP contribution in [-0.2, 0) is 0 Å². The lowest BCUT2D eigenvalue weighted by atomic mass is 10.1. The Hall–Kier alpha value is -0.220. The van der Waals surface area contributed by atoms with Gasteiger partial charge in [-0.15, -0.1) is 0 Å². The van der Waals surface area contributed by atoms with E-state index < -0.39 is 0 Å². The first-order valence-electron chi connectivity index (χ1n) is 4.33. The summed E-state index contributed by atoms with van der Waals surface area (Å²) in [6, 6.07) is 3.29. The molecule has 0 amide bonds. The first kappa shape index (κ1) is 12.8. The van der Waals surface area contributed by atoms with Crippen molar-refractivity contribution in [1.82, 2.24) is 0 Å². The molecule has 2 nitrogen and oxygen atoms in total. The second-order valence-corrected chi connectivity index (χ2v) is 4.48. The molecule has 0 bridgehead atoms. The minimum absolute atomic E-state index is 0.0405. The van der Waals surface area contributed by atoms with Gasteiger partial charge in [0.1, 0.15) is 0 Å². The number of benzene rings is 1. The van der Waals surface area contributed by atoms with Crippen molar-refractivity contribution in [1.29, 1.82) is 0 Å². The fourth-order valence-corrected chi connectivity index (χ4v) is 2.06. The van der Waals surface area contributed by atoms with Crippen molar-refractivity contribution in [2.45, 2.75) is 11.7 Å². The van der Waals surface area contributed by atoms with Crippen molar-refractivity contribution < 1.29 is 9.90 Å². The number of rotatable bonds is 4. The van der Waals surface area contributed by atoms with Crippen LogP contribution in [-0.4, -0.2) is 18.0 Å². The normalized spacial score (nSPS) is 12.5. The van der Waals surface area contributed by atoms with Crippen LogP contribution in [0.3, 0.4) is 0 Å². The molecule has 1 unspecified atom stereocenters. The van der Waals surface area contributed by atoms with Crippen LogP contribution in [0.15, 0.2) is 12.1 Å². The standard InChI is InChI=1S/C10H10Cl2O2S/c11-8-3-6(10(15)1-2-13)4-9(12)7(8)5-14/h3-5,10,13,15H,1-2H2. The van der Waals surface area contributed by atoms with Gasteiger partial charge in [-0.1, -0.05) is 23.2 Å². The van der Waals surface area contributed by atoms with Gasteiger partial charge < -0.3 is 5.11 Å². The van der Waals surface area contributed by atoms with E-state index >= 15 is 0 Å². The molecule has 0 aliphatic rings. The predicted molar refractivity (Wildman–Crippen MR) is 65.3 cm³/mol. The Morgan fingerprint density at radius 1 is 1.40 bits per heavy atom. The van der Waals surface area contributed by atoms with Crippen LogP contribution in [0.4, 0.5) is 0 Å². The molecule has 82 valence electrons. The number of aldehydes is 1. The monoisotopic (exact) mass is 264 g/mol. The minimum atomic E-state index is -0.134. The maximum atomic E-state index is 10.6. The van der Waals surface area contributed by atoms with E-state index in [1.807, 2.05) is 0 Å². The lowest BCUT2D eigenvalue weighted by molar-refractivity contribution is 0.112. The Morgan fingerprint density at radius 3 is 2.33 bits per heavy atom. The highest BCUT2D eigenvalue weighted by atomic mass is 35.5. The largest absolute Gasteiger partial charge is 0.396 e. The van der Waals surface area contributed by atoms with Gasteiger partial charge in [-0.05, 0) is 24.1 Å². The van der Waals surface area contributed by atoms with E-state index in [-0.39, 0.29) is 17.4 Å². The Balaban J connectivity index is 3.08. The maximum absolute atomic E-state index is 10.6. The van der Waals surface area contributed by atoms with Crippen LogP contribution in [0.1, 0.15) is 27.6 Å². The van der Waals surface area contributed by atoms with Crippen molar-refractivity contribution in [3.05, 3.63) is 33.3 Å². The molecule has 0 aromatic heterocycles. The molecule has 5 heteroatoms. The first-order chi connectivity index (χ1) is 7.10. The van der Waals surface area contributed by atoms with E-state index in [0.29, 0.717) is 22.8 Å². The quantitative estimate of drug-likeness (QED) is 0.648. The van der Waals surface area contributed by atoms with Gasteiger partial charge in [-0.3, -0.25) is 4.79 Å². The SMILES string of the molecule is O=Cc1c(Cl)cc(C(S)CCO)cc1Cl. The number of hydrogen-bond donors (Lipinski definition) is 2. The topological polar surface area (TPSA) is 37.3 Å². The van der Waals surface area contributed by atoms with Crippen molar-refractivity contribution in [2.75, 3.05) is 6.61 Å². The average Bonchev–Trinajstić information content (AvgIpc) is 2.17. The second-order valence-electron chi connectivity index (χ2n) is 3.04. The zero-order valence-electron chi connectivity index (χ0n) is 7.78. The number of hydrogen-bond acceptors (Lipinski definition) is 3. The molecule has 0 radical (unpaired) electrons. The Bertz CT molecular complexity index is 345. The summed E-state index contributed by atoms with van der Waals surface area (Å²) in [6.07, 6.45) is 1.13. The molecule has 1 aromatic carbocycles. The molecule has 1 N–H and O–H groups in total. The molecule has 0 aliphatic heterocycles. The fraction of sp³-hybridized carbons (Fsp3) is 0.300. The third kappa shape index (κ3) is 3.11. The summed E-state index contributed by atoms with van der Waals surface area (Å²) in [4.78, 5) is 10.6. The molecular formula is C10H10Cl2O2S. The molecule has 0 heterocycles. The van der Waals surface area contributed by atoms with E-state index in [0.717, 1.165) is 5.56 Å². The van der Waals surface area contributed by atoms with Crippen LogP contribution >= 0.6 is 35.8 Å². The highest BCUT2D eigenvalue weighted by molar-refractivity contribution is 7.80. The lowest BCUT2D eigenvalue weighted by Gasteiger charge is -2.11. The summed E-state index contributed by atoms with van der Waals surface area (Å²) in [5.74, 6) is 0. The van der Waals surface area contributed by atoms with Crippen LogP contribution in [0.5, 0.6) is 0 Å². The average molecular weight is 265 g/mol. The molecule has 1 rings (SSSR count). The van der Waals surface area contributed by atoms with Gasteiger partial charge >= 0.3 is 0 Å². The predicted octanol–water partition coefficient (Wildman–Crippen LogP) is 3.16. The van der Waals surface area contributed by atoms with Gasteiger partial charge in [0.15, 0.2) is 6.29 Å². The zero-order chi connectivity index (χ0) is 11.4. The molecule has 0 saturated carbocycles. The summed E-state index contributed by atoms with van der Waals surface area (Å²) < 4.78 is 0. The highest BCUT2D eigenvalue weighted by Gasteiger charge is 2.12. The van der Waals surface area contributed by atoms with Crippen molar-refractivity contribution in [3.63, 3.8) is 0 Å². The molecule has 1 atom stereocenters. The summed E-state index contributed by atoms with van der Waals surface area (Å²) >= 11 is 16.0. The first-order valence-corrected chi connectivity index (χ1v) is 5.60. The van der Waals surface area contributed by atoms with Gasteiger partial charge in [0.05, 0.1) is 15.6 Å². The van der Waals surface area contributed by atoms with Gasteiger partial charge in [0.2, 0.25) is 0 Å². The number of carbonyl (C=O) groups is 1. The summed E-state index contributed by atoms with van der Waals surface area (Å²) in [5.41, 5.74) is 1.08. The number of aliphatic hydroxyl groups is 1. The van der Waals surface area contributed by atoms with Crippen LogP contribution in [0, 0.1) is 0 Å². The van der Waals surface area contributed by atoms with Gasteiger partial charge in [0, 0.05) is 11.9 Å². The van der Waals surface area contributed by atoms with Crippen LogP contribution < -0.4 is 0 Å². The third-order valence-corrected chi connectivity index (χ3v) is 3.19. The Kier molecular flexibility index (Phi) is 4.93. The molecular weight excluding hydrogens is 255 g/mol. The smallest absolute Gasteiger partial charge is 0.153 e. The molecule has 0 saturated heterocycles. The summed E-state index contributed by atoms with van der Waals surface area (Å²) in [6.45, 7) is 0.0405. The van der Waals surface area contributed by atoms with Crippen molar-refractivity contribution >= 4 is 42.1 Å². The van der Waals surface area contributed by atoms with Crippen molar-refractivity contribution in [3.8, 4) is 0 Å². The van der Waals surface area contributed by atoms with Gasteiger partial charge in [0.25, 0.3) is 0 Å². The Labute approximate surface area is 104 Å². The van der Waals surface area contributed by atoms with E-state index in [4.69, 9.17) is 28.3 Å².